The molecule has 2 aromatic carbocycles. The second-order valence-corrected chi connectivity index (χ2v) is 6.85. The molecule has 3 N–H and O–H groups in total. The van der Waals surface area contributed by atoms with Crippen LogP contribution in [0, 0.1) is 0 Å². The average molecular weight is 370 g/mol. The number of amides is 2. The summed E-state index contributed by atoms with van der Waals surface area (Å²) in [5, 5.41) is 13.6. The maximum absolute atomic E-state index is 12.3. The standard InChI is InChI=1S/C20H22N2O5/c1-20(2,3)27-16-10-6-14(7-11-16)19(26)22-15-8-4-13(5-9-15)18(25)21-12-17(23)24/h4-11H,12H2,1-3H3,(H,21,25)(H,22,26)(H,23,24). The van der Waals surface area contributed by atoms with Crippen LogP contribution in [0.5, 0.6) is 5.75 Å². The third kappa shape index (κ3) is 6.47. The zero-order valence-electron chi connectivity index (χ0n) is 15.4. The Morgan fingerprint density at radius 3 is 1.93 bits per heavy atom. The molecule has 0 fully saturated rings. The van der Waals surface area contributed by atoms with Gasteiger partial charge >= 0.3 is 5.97 Å². The van der Waals surface area contributed by atoms with E-state index in [0.29, 0.717) is 22.6 Å². The Bertz CT molecular complexity index is 821. The van der Waals surface area contributed by atoms with Crippen LogP contribution >= 0.6 is 0 Å². The van der Waals surface area contributed by atoms with Gasteiger partial charge in [0.1, 0.15) is 17.9 Å². The number of anilines is 1. The molecule has 2 amide bonds. The molecule has 7 nitrogen and oxygen atoms in total. The van der Waals surface area contributed by atoms with E-state index in [1.165, 1.54) is 12.1 Å². The summed E-state index contributed by atoms with van der Waals surface area (Å²) in [4.78, 5) is 34.5. The lowest BCUT2D eigenvalue weighted by atomic mass is 10.1. The summed E-state index contributed by atoms with van der Waals surface area (Å²) in [5.41, 5.74) is 0.977. The third-order valence-corrected chi connectivity index (χ3v) is 3.35. The molecule has 27 heavy (non-hydrogen) atoms. The molecule has 0 saturated heterocycles. The van der Waals surface area contributed by atoms with Crippen molar-refractivity contribution in [3.8, 4) is 5.75 Å². The van der Waals surface area contributed by atoms with Gasteiger partial charge in [-0.1, -0.05) is 0 Å². The van der Waals surface area contributed by atoms with Crippen molar-refractivity contribution in [1.82, 2.24) is 5.32 Å². The summed E-state index contributed by atoms with van der Waals surface area (Å²) in [6, 6.07) is 13.0. The Labute approximate surface area is 157 Å². The van der Waals surface area contributed by atoms with E-state index in [1.807, 2.05) is 20.8 Å². The van der Waals surface area contributed by atoms with Crippen LogP contribution in [0.3, 0.4) is 0 Å². The van der Waals surface area contributed by atoms with Crippen molar-refractivity contribution in [2.45, 2.75) is 26.4 Å². The van der Waals surface area contributed by atoms with Crippen molar-refractivity contribution < 1.29 is 24.2 Å². The lowest BCUT2D eigenvalue weighted by molar-refractivity contribution is -0.135. The van der Waals surface area contributed by atoms with E-state index in [0.717, 1.165) is 0 Å². The second-order valence-electron chi connectivity index (χ2n) is 6.85. The summed E-state index contributed by atoms with van der Waals surface area (Å²) < 4.78 is 5.72. The fourth-order valence-corrected chi connectivity index (χ4v) is 2.19. The molecule has 0 aliphatic heterocycles. The van der Waals surface area contributed by atoms with Gasteiger partial charge in [-0.25, -0.2) is 0 Å². The van der Waals surface area contributed by atoms with Crippen LogP contribution < -0.4 is 15.4 Å². The number of ether oxygens (including phenoxy) is 1. The highest BCUT2D eigenvalue weighted by Crippen LogP contribution is 2.19. The first-order valence-corrected chi connectivity index (χ1v) is 8.34. The predicted molar refractivity (Wildman–Crippen MR) is 101 cm³/mol. The van der Waals surface area contributed by atoms with Gasteiger partial charge in [0.25, 0.3) is 11.8 Å². The Morgan fingerprint density at radius 1 is 0.889 bits per heavy atom. The van der Waals surface area contributed by atoms with Crippen LogP contribution in [0.25, 0.3) is 0 Å². The highest BCUT2D eigenvalue weighted by molar-refractivity contribution is 6.04. The summed E-state index contributed by atoms with van der Waals surface area (Å²) in [6.45, 7) is 5.38. The molecule has 0 radical (unpaired) electrons. The Morgan fingerprint density at radius 2 is 1.41 bits per heavy atom. The molecule has 0 spiro atoms. The zero-order chi connectivity index (χ0) is 20.0. The summed E-state index contributed by atoms with van der Waals surface area (Å²) in [5.74, 6) is -1.23. The van der Waals surface area contributed by atoms with E-state index >= 15 is 0 Å². The molecule has 0 unspecified atom stereocenters. The molecule has 0 aromatic heterocycles. The number of aliphatic carboxylic acids is 1. The maximum atomic E-state index is 12.3. The first kappa shape index (κ1) is 20.0. The second kappa shape index (κ2) is 8.35. The number of nitrogens with one attached hydrogen (secondary N) is 2. The van der Waals surface area contributed by atoms with Gasteiger partial charge in [0, 0.05) is 16.8 Å². The highest BCUT2D eigenvalue weighted by Gasteiger charge is 2.13. The molecule has 0 aliphatic carbocycles. The lowest BCUT2D eigenvalue weighted by Crippen LogP contribution is -2.29. The van der Waals surface area contributed by atoms with Gasteiger partial charge in [-0.15, -0.1) is 0 Å². The van der Waals surface area contributed by atoms with E-state index < -0.39 is 18.4 Å². The molecule has 0 aliphatic rings. The van der Waals surface area contributed by atoms with Gasteiger partial charge in [-0.05, 0) is 69.3 Å². The summed E-state index contributed by atoms with van der Waals surface area (Å²) in [6.07, 6.45) is 0. The monoisotopic (exact) mass is 370 g/mol. The molecule has 0 atom stereocenters. The average Bonchev–Trinajstić information content (AvgIpc) is 2.59. The van der Waals surface area contributed by atoms with Gasteiger partial charge in [0.15, 0.2) is 0 Å². The predicted octanol–water partition coefficient (Wildman–Crippen LogP) is 2.93. The normalized spacial score (nSPS) is 10.8. The highest BCUT2D eigenvalue weighted by atomic mass is 16.5. The number of carbonyl (C=O) groups excluding carboxylic acids is 2. The smallest absolute Gasteiger partial charge is 0.322 e. The number of benzene rings is 2. The van der Waals surface area contributed by atoms with E-state index in [1.54, 1.807) is 36.4 Å². The number of rotatable bonds is 6. The third-order valence-electron chi connectivity index (χ3n) is 3.35. The van der Waals surface area contributed by atoms with Crippen molar-refractivity contribution in [1.29, 1.82) is 0 Å². The van der Waals surface area contributed by atoms with Gasteiger partial charge in [0.05, 0.1) is 0 Å². The Hall–Kier alpha value is -3.35. The van der Waals surface area contributed by atoms with Crippen LogP contribution in [0.1, 0.15) is 41.5 Å². The van der Waals surface area contributed by atoms with Gasteiger partial charge < -0.3 is 20.5 Å². The Balaban J connectivity index is 1.97. The number of hydrogen-bond donors (Lipinski definition) is 3. The molecular formula is C20H22N2O5. The van der Waals surface area contributed by atoms with Crippen molar-refractivity contribution in [2.75, 3.05) is 11.9 Å². The first-order valence-electron chi connectivity index (χ1n) is 8.34. The number of carboxylic acids is 1. The van der Waals surface area contributed by atoms with E-state index in [2.05, 4.69) is 10.6 Å². The number of carbonyl (C=O) groups is 3. The fraction of sp³-hybridized carbons (Fsp3) is 0.250. The molecule has 142 valence electrons. The minimum Gasteiger partial charge on any atom is -0.488 e. The van der Waals surface area contributed by atoms with Crippen LogP contribution in [-0.4, -0.2) is 35.0 Å². The molecule has 2 aromatic rings. The summed E-state index contributed by atoms with van der Waals surface area (Å²) in [7, 11) is 0. The van der Waals surface area contributed by atoms with Gasteiger partial charge in [0.2, 0.25) is 0 Å². The maximum Gasteiger partial charge on any atom is 0.322 e. The van der Waals surface area contributed by atoms with Crippen molar-refractivity contribution in [3.05, 3.63) is 59.7 Å². The molecule has 0 heterocycles. The van der Waals surface area contributed by atoms with Crippen LogP contribution in [0.2, 0.25) is 0 Å². The van der Waals surface area contributed by atoms with Gasteiger partial charge in [-0.2, -0.15) is 0 Å². The molecule has 0 saturated carbocycles. The first-order chi connectivity index (χ1) is 12.6. The minimum atomic E-state index is -1.12. The Kier molecular flexibility index (Phi) is 6.18. The van der Waals surface area contributed by atoms with Crippen molar-refractivity contribution >= 4 is 23.5 Å². The quantitative estimate of drug-likeness (QED) is 0.725. The molecular weight excluding hydrogens is 348 g/mol. The minimum absolute atomic E-state index is 0.291. The van der Waals surface area contributed by atoms with Crippen molar-refractivity contribution in [2.24, 2.45) is 0 Å². The van der Waals surface area contributed by atoms with Crippen LogP contribution in [0.15, 0.2) is 48.5 Å². The van der Waals surface area contributed by atoms with E-state index in [-0.39, 0.29) is 11.5 Å². The van der Waals surface area contributed by atoms with Crippen molar-refractivity contribution in [3.63, 3.8) is 0 Å². The zero-order valence-corrected chi connectivity index (χ0v) is 15.4. The largest absolute Gasteiger partial charge is 0.488 e. The fourth-order valence-electron chi connectivity index (χ4n) is 2.19. The van der Waals surface area contributed by atoms with Crippen LogP contribution in [-0.2, 0) is 4.79 Å². The van der Waals surface area contributed by atoms with E-state index in [9.17, 15) is 14.4 Å². The SMILES string of the molecule is CC(C)(C)Oc1ccc(C(=O)Nc2ccc(C(=O)NCC(=O)O)cc2)cc1. The molecule has 2 rings (SSSR count). The number of carboxylic acid groups (broad SMARTS) is 1. The molecule has 7 heteroatoms. The molecule has 0 bridgehead atoms. The topological polar surface area (TPSA) is 105 Å². The summed E-state index contributed by atoms with van der Waals surface area (Å²) >= 11 is 0. The van der Waals surface area contributed by atoms with E-state index in [4.69, 9.17) is 9.84 Å². The lowest BCUT2D eigenvalue weighted by Gasteiger charge is -2.21. The van der Waals surface area contributed by atoms with Gasteiger partial charge in [-0.3, -0.25) is 14.4 Å². The van der Waals surface area contributed by atoms with Crippen LogP contribution in [0.4, 0.5) is 5.69 Å². The number of hydrogen-bond acceptors (Lipinski definition) is 4.